The first-order chi connectivity index (χ1) is 7.81. The predicted molar refractivity (Wildman–Crippen MR) is 67.9 cm³/mol. The van der Waals surface area contributed by atoms with Gasteiger partial charge < -0.3 is 5.32 Å². The molecule has 1 aliphatic rings. The number of rotatable bonds is 5. The number of unbranched alkanes of at least 4 members (excludes halogenated alkanes) is 1. The summed E-state index contributed by atoms with van der Waals surface area (Å²) in [5.74, 6) is 0. The molecular weight excluding hydrogens is 220 g/mol. The van der Waals surface area contributed by atoms with Crippen molar-refractivity contribution >= 4 is 22.0 Å². The Kier molecular flexibility index (Phi) is 3.85. The van der Waals surface area contributed by atoms with Crippen LogP contribution in [0.2, 0.25) is 0 Å². The highest BCUT2D eigenvalue weighted by Gasteiger charge is 2.13. The van der Waals surface area contributed by atoms with Crippen molar-refractivity contribution in [3.8, 4) is 0 Å². The molecule has 1 aromatic carbocycles. The van der Waals surface area contributed by atoms with Crippen LogP contribution in [0.3, 0.4) is 0 Å². The normalized spacial score (nSPS) is 17.7. The topological polar surface area (TPSA) is 41.5 Å². The van der Waals surface area contributed by atoms with Crippen molar-refractivity contribution in [2.24, 2.45) is 4.99 Å². The Labute approximate surface area is 98.4 Å². The van der Waals surface area contributed by atoms with Crippen molar-refractivity contribution in [2.75, 3.05) is 13.6 Å². The van der Waals surface area contributed by atoms with Gasteiger partial charge in [0.25, 0.3) is 0 Å². The van der Waals surface area contributed by atoms with E-state index >= 15 is 0 Å². The lowest BCUT2D eigenvalue weighted by molar-refractivity contribution is 0.676. The first kappa shape index (κ1) is 11.5. The molecule has 1 aliphatic heterocycles. The van der Waals surface area contributed by atoms with Gasteiger partial charge in [0.2, 0.25) is 0 Å². The molecule has 0 spiro atoms. The quantitative estimate of drug-likeness (QED) is 0.795. The summed E-state index contributed by atoms with van der Waals surface area (Å²) in [6.07, 6.45) is 3.38. The number of nitrogens with zero attached hydrogens (tertiary/aromatic N) is 1. The summed E-state index contributed by atoms with van der Waals surface area (Å²) in [6.45, 7) is 1.06. The van der Waals surface area contributed by atoms with Crippen LogP contribution in [-0.4, -0.2) is 23.3 Å². The van der Waals surface area contributed by atoms with Crippen molar-refractivity contribution < 1.29 is 4.21 Å². The molecule has 16 heavy (non-hydrogen) atoms. The summed E-state index contributed by atoms with van der Waals surface area (Å²) in [7, 11) is 0.947. The number of nitrogens with one attached hydrogen (secondary N) is 1. The monoisotopic (exact) mass is 236 g/mol. The number of hydrogen-bond donors (Lipinski definition) is 1. The zero-order chi connectivity index (χ0) is 11.4. The van der Waals surface area contributed by atoms with E-state index in [1.54, 1.807) is 0 Å². The second kappa shape index (κ2) is 5.37. The average molecular weight is 236 g/mol. The van der Waals surface area contributed by atoms with Crippen LogP contribution in [0, 0.1) is 0 Å². The molecule has 0 amide bonds. The maximum atomic E-state index is 11.5. The van der Waals surface area contributed by atoms with Gasteiger partial charge >= 0.3 is 0 Å². The Balaban J connectivity index is 1.97. The molecular formula is C12H16N2OS. The summed E-state index contributed by atoms with van der Waals surface area (Å²) < 4.78 is 11.5. The van der Waals surface area contributed by atoms with E-state index in [4.69, 9.17) is 0 Å². The van der Waals surface area contributed by atoms with Gasteiger partial charge in [-0.2, -0.15) is 0 Å². The summed E-state index contributed by atoms with van der Waals surface area (Å²) in [4.78, 5) is 4.96. The van der Waals surface area contributed by atoms with E-state index in [2.05, 4.69) is 16.4 Å². The van der Waals surface area contributed by atoms with Gasteiger partial charge in [-0.25, -0.2) is 9.20 Å². The zero-order valence-corrected chi connectivity index (χ0v) is 10.2. The van der Waals surface area contributed by atoms with E-state index in [1.807, 2.05) is 19.2 Å². The van der Waals surface area contributed by atoms with Crippen LogP contribution >= 0.6 is 0 Å². The van der Waals surface area contributed by atoms with Crippen molar-refractivity contribution in [3.05, 3.63) is 23.8 Å². The Morgan fingerprint density at radius 1 is 1.38 bits per heavy atom. The molecule has 0 fully saturated rings. The van der Waals surface area contributed by atoms with Crippen LogP contribution in [0.25, 0.3) is 0 Å². The number of hydrogen-bond acceptors (Lipinski definition) is 3. The fourth-order valence-electron chi connectivity index (χ4n) is 1.77. The van der Waals surface area contributed by atoms with Crippen molar-refractivity contribution in [3.63, 3.8) is 0 Å². The largest absolute Gasteiger partial charge is 0.320 e. The molecule has 1 heterocycles. The lowest BCUT2D eigenvalue weighted by atomic mass is 10.1. The fourth-order valence-corrected chi connectivity index (χ4v) is 2.69. The first-order valence-corrected chi connectivity index (χ1v) is 6.75. The molecule has 0 aliphatic carbocycles. The fraction of sp³-hybridized carbons (Fsp3) is 0.417. The third-order valence-corrected chi connectivity index (χ3v) is 3.73. The van der Waals surface area contributed by atoms with Gasteiger partial charge in [-0.3, -0.25) is 0 Å². The third-order valence-electron chi connectivity index (χ3n) is 2.67. The highest BCUT2D eigenvalue weighted by atomic mass is 32.2. The second-order valence-electron chi connectivity index (χ2n) is 3.89. The second-order valence-corrected chi connectivity index (χ2v) is 5.14. The van der Waals surface area contributed by atoms with E-state index in [9.17, 15) is 4.21 Å². The van der Waals surface area contributed by atoms with Crippen molar-refractivity contribution in [2.45, 2.75) is 24.2 Å². The highest BCUT2D eigenvalue weighted by Crippen LogP contribution is 2.28. The van der Waals surface area contributed by atoms with Crippen LogP contribution in [0.1, 0.15) is 18.4 Å². The third kappa shape index (κ3) is 2.57. The van der Waals surface area contributed by atoms with Gasteiger partial charge in [0.1, 0.15) is 0 Å². The van der Waals surface area contributed by atoms with E-state index in [0.717, 1.165) is 30.0 Å². The summed E-state index contributed by atoms with van der Waals surface area (Å²) in [5, 5.41) is 3.13. The van der Waals surface area contributed by atoms with Gasteiger partial charge in [-0.15, -0.1) is 0 Å². The van der Waals surface area contributed by atoms with E-state index in [0.29, 0.717) is 0 Å². The lowest BCUT2D eigenvalue weighted by Crippen LogP contribution is -2.07. The molecule has 3 nitrogen and oxygen atoms in total. The van der Waals surface area contributed by atoms with Gasteiger partial charge in [-0.1, -0.05) is 6.07 Å². The average Bonchev–Trinajstić information content (AvgIpc) is 2.67. The van der Waals surface area contributed by atoms with E-state index in [-0.39, 0.29) is 0 Å². The minimum atomic E-state index is -1.02. The number of benzene rings is 1. The van der Waals surface area contributed by atoms with Crippen LogP contribution in [0.15, 0.2) is 28.1 Å². The molecule has 1 N–H and O–H groups in total. The van der Waals surface area contributed by atoms with Gasteiger partial charge in [0.15, 0.2) is 0 Å². The smallest absolute Gasteiger partial charge is 0.0984 e. The van der Waals surface area contributed by atoms with Crippen LogP contribution in [-0.2, 0) is 17.2 Å². The predicted octanol–water partition coefficient (Wildman–Crippen LogP) is 2.01. The maximum absolute atomic E-state index is 11.5. The molecule has 0 aromatic heterocycles. The highest BCUT2D eigenvalue weighted by molar-refractivity contribution is 7.99. The molecule has 0 radical (unpaired) electrons. The molecule has 2 rings (SSSR count). The Bertz CT molecular complexity index is 429. The molecule has 86 valence electrons. The SMILES string of the molecule is CNCCCCc1ccc2c(c1)S(=O)C=N2. The Morgan fingerprint density at radius 2 is 2.25 bits per heavy atom. The zero-order valence-electron chi connectivity index (χ0n) is 9.40. The van der Waals surface area contributed by atoms with E-state index in [1.165, 1.54) is 17.5 Å². The molecule has 4 heteroatoms. The Morgan fingerprint density at radius 3 is 3.06 bits per heavy atom. The first-order valence-electron chi connectivity index (χ1n) is 5.53. The van der Waals surface area contributed by atoms with Crippen LogP contribution < -0.4 is 5.32 Å². The number of fused-ring (bicyclic) bond motifs is 1. The van der Waals surface area contributed by atoms with Crippen LogP contribution in [0.5, 0.6) is 0 Å². The summed E-state index contributed by atoms with van der Waals surface area (Å²) in [6, 6.07) is 6.07. The number of aliphatic imine (C=N–C) groups is 1. The molecule has 1 aromatic rings. The summed E-state index contributed by atoms with van der Waals surface area (Å²) >= 11 is 0. The summed E-state index contributed by atoms with van der Waals surface area (Å²) in [5.41, 5.74) is 3.63. The molecule has 0 bridgehead atoms. The standard InChI is InChI=1S/C12H16N2OS/c1-13-7-3-2-4-10-5-6-11-12(8-10)16(15)9-14-11/h5-6,8-9,13H,2-4,7H2,1H3. The van der Waals surface area contributed by atoms with Crippen molar-refractivity contribution in [1.29, 1.82) is 0 Å². The van der Waals surface area contributed by atoms with Gasteiger partial charge in [0.05, 0.1) is 26.9 Å². The minimum Gasteiger partial charge on any atom is -0.320 e. The van der Waals surface area contributed by atoms with Crippen molar-refractivity contribution in [1.82, 2.24) is 5.32 Å². The maximum Gasteiger partial charge on any atom is 0.0984 e. The number of aryl methyl sites for hydroxylation is 1. The minimum absolute atomic E-state index is 0.859. The van der Waals surface area contributed by atoms with Gasteiger partial charge in [-0.05, 0) is 50.6 Å². The Hall–Kier alpha value is -1.00. The lowest BCUT2D eigenvalue weighted by Gasteiger charge is -2.03. The van der Waals surface area contributed by atoms with E-state index < -0.39 is 10.8 Å². The van der Waals surface area contributed by atoms with Crippen LogP contribution in [0.4, 0.5) is 5.69 Å². The molecule has 0 saturated carbocycles. The molecule has 1 unspecified atom stereocenters. The van der Waals surface area contributed by atoms with Gasteiger partial charge in [0, 0.05) is 0 Å². The molecule has 1 atom stereocenters. The molecule has 0 saturated heterocycles.